The number of hydrogen-bond acceptors (Lipinski definition) is 3. The molecular formula is C19H22N2O2. The molecule has 2 aromatic carbocycles. The summed E-state index contributed by atoms with van der Waals surface area (Å²) < 4.78 is 0. The molecule has 0 aliphatic rings. The van der Waals surface area contributed by atoms with Crippen LogP contribution in [0.25, 0.3) is 0 Å². The molecule has 2 aromatic rings. The van der Waals surface area contributed by atoms with Crippen LogP contribution in [0.4, 0.5) is 0 Å². The second kappa shape index (κ2) is 8.25. The number of Topliss-reactive ketones (excluding diaryl/α,β-unsaturated/α-hetero) is 1. The molecule has 0 saturated carbocycles. The average Bonchev–Trinajstić information content (AvgIpc) is 2.59. The molecule has 0 bridgehead atoms. The highest BCUT2D eigenvalue weighted by Crippen LogP contribution is 2.18. The maximum absolute atomic E-state index is 12.8. The molecule has 0 aliphatic carbocycles. The van der Waals surface area contributed by atoms with Crippen molar-refractivity contribution < 1.29 is 9.59 Å². The van der Waals surface area contributed by atoms with Gasteiger partial charge < -0.3 is 10.2 Å². The first-order chi connectivity index (χ1) is 11.1. The Morgan fingerprint density at radius 1 is 0.957 bits per heavy atom. The molecule has 0 fully saturated rings. The highest BCUT2D eigenvalue weighted by atomic mass is 16.2. The smallest absolute Gasteiger partial charge is 0.222 e. The number of carbonyl (C=O) groups is 2. The number of hydrogen-bond donors (Lipinski definition) is 1. The molecule has 0 radical (unpaired) electrons. The van der Waals surface area contributed by atoms with E-state index in [0.29, 0.717) is 18.5 Å². The quantitative estimate of drug-likeness (QED) is 0.800. The van der Waals surface area contributed by atoms with Gasteiger partial charge in [0.25, 0.3) is 0 Å². The summed E-state index contributed by atoms with van der Waals surface area (Å²) in [6.45, 7) is 0.646. The molecule has 1 atom stereocenters. The molecule has 1 unspecified atom stereocenters. The summed E-state index contributed by atoms with van der Waals surface area (Å²) in [7, 11) is 3.83. The first-order valence-corrected chi connectivity index (χ1v) is 7.66. The van der Waals surface area contributed by atoms with Crippen molar-refractivity contribution in [2.24, 2.45) is 0 Å². The van der Waals surface area contributed by atoms with E-state index in [2.05, 4.69) is 5.32 Å². The van der Waals surface area contributed by atoms with E-state index in [1.165, 1.54) is 0 Å². The molecule has 1 N–H and O–H groups in total. The van der Waals surface area contributed by atoms with Gasteiger partial charge in [-0.3, -0.25) is 9.59 Å². The van der Waals surface area contributed by atoms with Gasteiger partial charge in [0, 0.05) is 18.5 Å². The van der Waals surface area contributed by atoms with Crippen LogP contribution in [0.3, 0.4) is 0 Å². The van der Waals surface area contributed by atoms with Crippen molar-refractivity contribution >= 4 is 11.7 Å². The Kier molecular flexibility index (Phi) is 6.06. The van der Waals surface area contributed by atoms with E-state index in [4.69, 9.17) is 0 Å². The summed E-state index contributed by atoms with van der Waals surface area (Å²) in [6, 6.07) is 17.7. The predicted molar refractivity (Wildman–Crippen MR) is 91.3 cm³/mol. The van der Waals surface area contributed by atoms with E-state index in [1.807, 2.05) is 67.5 Å². The number of amides is 1. The molecule has 4 heteroatoms. The highest BCUT2D eigenvalue weighted by molar-refractivity contribution is 6.02. The van der Waals surface area contributed by atoms with Gasteiger partial charge in [0.1, 0.15) is 6.04 Å². The van der Waals surface area contributed by atoms with E-state index in [-0.39, 0.29) is 11.7 Å². The predicted octanol–water partition coefficient (Wildman–Crippen LogP) is 2.68. The van der Waals surface area contributed by atoms with E-state index in [0.717, 1.165) is 5.56 Å². The number of nitrogens with zero attached hydrogens (tertiary/aromatic N) is 1. The van der Waals surface area contributed by atoms with Crippen molar-refractivity contribution in [2.45, 2.75) is 12.5 Å². The zero-order valence-electron chi connectivity index (χ0n) is 13.5. The SMILES string of the molecule is CN(C)CCC(=O)NC(C(=O)c1ccccc1)c1ccccc1. The second-order valence-corrected chi connectivity index (χ2v) is 5.69. The largest absolute Gasteiger partial charge is 0.342 e. The molecule has 0 saturated heterocycles. The maximum Gasteiger partial charge on any atom is 0.222 e. The fraction of sp³-hybridized carbons (Fsp3) is 0.263. The first kappa shape index (κ1) is 16.9. The summed E-state index contributed by atoms with van der Waals surface area (Å²) in [5.74, 6) is -0.230. The Balaban J connectivity index is 2.19. The van der Waals surface area contributed by atoms with Gasteiger partial charge in [-0.05, 0) is 19.7 Å². The van der Waals surface area contributed by atoms with Crippen LogP contribution < -0.4 is 5.32 Å². The molecule has 0 heterocycles. The van der Waals surface area contributed by atoms with Crippen LogP contribution >= 0.6 is 0 Å². The Morgan fingerprint density at radius 2 is 1.52 bits per heavy atom. The molecule has 4 nitrogen and oxygen atoms in total. The third kappa shape index (κ3) is 5.04. The molecule has 120 valence electrons. The van der Waals surface area contributed by atoms with Crippen molar-refractivity contribution in [2.75, 3.05) is 20.6 Å². The minimum atomic E-state index is -0.659. The summed E-state index contributed by atoms with van der Waals surface area (Å²) in [5.41, 5.74) is 1.38. The van der Waals surface area contributed by atoms with Crippen LogP contribution in [0, 0.1) is 0 Å². The minimum Gasteiger partial charge on any atom is -0.342 e. The molecular weight excluding hydrogens is 288 g/mol. The van der Waals surface area contributed by atoms with E-state index in [9.17, 15) is 9.59 Å². The summed E-state index contributed by atoms with van der Waals surface area (Å²) >= 11 is 0. The maximum atomic E-state index is 12.8. The molecule has 0 aliphatic heterocycles. The van der Waals surface area contributed by atoms with Gasteiger partial charge in [0.05, 0.1) is 0 Å². The Labute approximate surface area is 137 Å². The number of carbonyl (C=O) groups excluding carboxylic acids is 2. The van der Waals surface area contributed by atoms with Gasteiger partial charge in [-0.2, -0.15) is 0 Å². The number of ketones is 1. The molecule has 0 aromatic heterocycles. The summed E-state index contributed by atoms with van der Waals surface area (Å²) in [6.07, 6.45) is 0.360. The standard InChI is InChI=1S/C19H22N2O2/c1-21(2)14-13-17(22)20-18(15-9-5-3-6-10-15)19(23)16-11-7-4-8-12-16/h3-12,18H,13-14H2,1-2H3,(H,20,22). The number of nitrogens with one attached hydrogen (secondary N) is 1. The molecule has 23 heavy (non-hydrogen) atoms. The lowest BCUT2D eigenvalue weighted by Crippen LogP contribution is -2.35. The first-order valence-electron chi connectivity index (χ1n) is 7.66. The van der Waals surface area contributed by atoms with E-state index < -0.39 is 6.04 Å². The van der Waals surface area contributed by atoms with Gasteiger partial charge in [-0.25, -0.2) is 0 Å². The van der Waals surface area contributed by atoms with Crippen LogP contribution in [0.2, 0.25) is 0 Å². The highest BCUT2D eigenvalue weighted by Gasteiger charge is 2.23. The normalized spacial score (nSPS) is 12.0. The van der Waals surface area contributed by atoms with Gasteiger partial charge >= 0.3 is 0 Å². The lowest BCUT2D eigenvalue weighted by molar-refractivity contribution is -0.121. The monoisotopic (exact) mass is 310 g/mol. The second-order valence-electron chi connectivity index (χ2n) is 5.69. The van der Waals surface area contributed by atoms with Crippen molar-refractivity contribution in [1.82, 2.24) is 10.2 Å². The third-order valence-electron chi connectivity index (χ3n) is 3.54. The summed E-state index contributed by atoms with van der Waals surface area (Å²) in [4.78, 5) is 26.9. The van der Waals surface area contributed by atoms with Crippen molar-refractivity contribution in [3.63, 3.8) is 0 Å². The van der Waals surface area contributed by atoms with Crippen molar-refractivity contribution in [3.8, 4) is 0 Å². The molecule has 2 rings (SSSR count). The van der Waals surface area contributed by atoms with E-state index in [1.54, 1.807) is 12.1 Å². The molecule has 1 amide bonds. The number of rotatable bonds is 7. The Bertz CT molecular complexity index is 639. The lowest BCUT2D eigenvalue weighted by atomic mass is 9.97. The van der Waals surface area contributed by atoms with Crippen LogP contribution in [0.5, 0.6) is 0 Å². The van der Waals surface area contributed by atoms with Gasteiger partial charge in [-0.15, -0.1) is 0 Å². The fourth-order valence-corrected chi connectivity index (χ4v) is 2.27. The Morgan fingerprint density at radius 3 is 2.09 bits per heavy atom. The van der Waals surface area contributed by atoms with Gasteiger partial charge in [0.2, 0.25) is 5.91 Å². The van der Waals surface area contributed by atoms with Gasteiger partial charge in [0.15, 0.2) is 5.78 Å². The molecule has 0 spiro atoms. The van der Waals surface area contributed by atoms with Crippen LogP contribution in [0.15, 0.2) is 60.7 Å². The average molecular weight is 310 g/mol. The van der Waals surface area contributed by atoms with E-state index >= 15 is 0 Å². The zero-order valence-corrected chi connectivity index (χ0v) is 13.5. The topological polar surface area (TPSA) is 49.4 Å². The fourth-order valence-electron chi connectivity index (χ4n) is 2.27. The lowest BCUT2D eigenvalue weighted by Gasteiger charge is -2.19. The summed E-state index contributed by atoms with van der Waals surface area (Å²) in [5, 5.41) is 2.87. The minimum absolute atomic E-state index is 0.102. The zero-order chi connectivity index (χ0) is 16.7. The third-order valence-corrected chi connectivity index (χ3v) is 3.54. The van der Waals surface area contributed by atoms with Crippen LogP contribution in [-0.2, 0) is 4.79 Å². The van der Waals surface area contributed by atoms with Crippen LogP contribution in [-0.4, -0.2) is 37.2 Å². The van der Waals surface area contributed by atoms with Crippen molar-refractivity contribution in [1.29, 1.82) is 0 Å². The van der Waals surface area contributed by atoms with Crippen LogP contribution in [0.1, 0.15) is 28.4 Å². The van der Waals surface area contributed by atoms with Gasteiger partial charge in [-0.1, -0.05) is 60.7 Å². The number of benzene rings is 2. The Hall–Kier alpha value is -2.46. The van der Waals surface area contributed by atoms with Crippen molar-refractivity contribution in [3.05, 3.63) is 71.8 Å².